The first-order valence-corrected chi connectivity index (χ1v) is 13.4. The zero-order chi connectivity index (χ0) is 20.8. The third-order valence-electron chi connectivity index (χ3n) is 5.35. The average molecular weight is 427 g/mol. The van der Waals surface area contributed by atoms with Crippen LogP contribution in [0.5, 0.6) is 0 Å². The normalized spacial score (nSPS) is 13.3. The third-order valence-corrected chi connectivity index (χ3v) is 11.0. The van der Waals surface area contributed by atoms with E-state index in [1.54, 1.807) is 42.7 Å². The molecule has 0 aromatic carbocycles. The van der Waals surface area contributed by atoms with Crippen molar-refractivity contribution in [3.63, 3.8) is 0 Å². The highest BCUT2D eigenvalue weighted by Crippen LogP contribution is 2.33. The number of rotatable bonds is 18. The number of hydrogen-bond acceptors (Lipinski definition) is 8. The van der Waals surface area contributed by atoms with Crippen LogP contribution in [0.15, 0.2) is 0 Å². The molecule has 27 heavy (non-hydrogen) atoms. The highest BCUT2D eigenvalue weighted by atomic mass is 28.4. The predicted molar refractivity (Wildman–Crippen MR) is 112 cm³/mol. The molecule has 0 rings (SSSR count). The van der Waals surface area contributed by atoms with Crippen LogP contribution in [-0.2, 0) is 26.6 Å². The Morgan fingerprint density at radius 2 is 0.889 bits per heavy atom. The van der Waals surface area contributed by atoms with Gasteiger partial charge in [0.1, 0.15) is 0 Å². The highest BCUT2D eigenvalue weighted by Gasteiger charge is 2.40. The largest absolute Gasteiger partial charge is 0.500 e. The van der Waals surface area contributed by atoms with Crippen LogP contribution in [0.25, 0.3) is 0 Å². The Morgan fingerprint density at radius 3 is 1.11 bits per heavy atom. The fourth-order valence-electron chi connectivity index (χ4n) is 3.76. The van der Waals surface area contributed by atoms with Gasteiger partial charge in [-0.25, -0.2) is 0 Å². The lowest BCUT2D eigenvalue weighted by atomic mass is 9.79. The Balaban J connectivity index is 4.99. The van der Waals surface area contributed by atoms with Gasteiger partial charge in [0.05, 0.1) is 0 Å². The average Bonchev–Trinajstić information content (AvgIpc) is 2.70. The summed E-state index contributed by atoms with van der Waals surface area (Å²) in [7, 11) is 8.92. The van der Waals surface area contributed by atoms with Crippen LogP contribution in [0.3, 0.4) is 0 Å². The van der Waals surface area contributed by atoms with Gasteiger partial charge in [0, 0.05) is 67.8 Å². The summed E-state index contributed by atoms with van der Waals surface area (Å²) in [6.45, 7) is 1.85. The van der Waals surface area contributed by atoms with Crippen LogP contribution < -0.4 is 10.6 Å². The van der Waals surface area contributed by atoms with Crippen LogP contribution in [-0.4, -0.2) is 87.5 Å². The summed E-state index contributed by atoms with van der Waals surface area (Å²) in [5.74, 6) is 0. The van der Waals surface area contributed by atoms with E-state index in [1.807, 2.05) is 14.1 Å². The molecule has 0 unspecified atom stereocenters. The van der Waals surface area contributed by atoms with Crippen LogP contribution in [0, 0.1) is 5.41 Å². The van der Waals surface area contributed by atoms with E-state index >= 15 is 0 Å². The molecule has 2 N–H and O–H groups in total. The predicted octanol–water partition coefficient (Wildman–Crippen LogP) is 1.73. The van der Waals surface area contributed by atoms with Crippen LogP contribution in [0.1, 0.15) is 25.7 Å². The van der Waals surface area contributed by atoms with Crippen molar-refractivity contribution in [2.24, 2.45) is 5.41 Å². The van der Waals surface area contributed by atoms with Gasteiger partial charge in [0.25, 0.3) is 0 Å². The molecule has 164 valence electrons. The van der Waals surface area contributed by atoms with Gasteiger partial charge in [-0.3, -0.25) is 0 Å². The fraction of sp³-hybridized carbons (Fsp3) is 1.00. The van der Waals surface area contributed by atoms with E-state index in [-0.39, 0.29) is 5.41 Å². The van der Waals surface area contributed by atoms with E-state index in [4.69, 9.17) is 26.6 Å². The standard InChI is InChI=1S/C17H42N2O6Si2/c1-18-15-17(16-19-2,11-9-13-26(20-3,21-4)22-5)12-10-14-27(23-6,24-7)25-8/h18-19H,9-16H2,1-8H3. The zero-order valence-corrected chi connectivity index (χ0v) is 20.6. The van der Waals surface area contributed by atoms with Gasteiger partial charge in [-0.15, -0.1) is 0 Å². The van der Waals surface area contributed by atoms with Gasteiger partial charge in [0.2, 0.25) is 0 Å². The quantitative estimate of drug-likeness (QED) is 0.321. The molecule has 8 nitrogen and oxygen atoms in total. The molecule has 0 heterocycles. The van der Waals surface area contributed by atoms with E-state index < -0.39 is 17.6 Å². The van der Waals surface area contributed by atoms with Gasteiger partial charge < -0.3 is 37.2 Å². The minimum absolute atomic E-state index is 0.119. The fourth-order valence-corrected chi connectivity index (χ4v) is 7.21. The Labute approximate surface area is 168 Å². The van der Waals surface area contributed by atoms with Gasteiger partial charge in [-0.05, 0) is 45.2 Å². The Hall–Kier alpha value is 0.114. The molecule has 0 amide bonds. The second kappa shape index (κ2) is 14.2. The van der Waals surface area contributed by atoms with Crippen molar-refractivity contribution in [3.8, 4) is 0 Å². The van der Waals surface area contributed by atoms with E-state index in [9.17, 15) is 0 Å². The summed E-state index contributed by atoms with van der Waals surface area (Å²) in [5, 5.41) is 6.74. The molecule has 0 aromatic rings. The molecule has 0 aromatic heterocycles. The summed E-state index contributed by atoms with van der Waals surface area (Å²) in [6, 6.07) is 1.61. The molecule has 10 heteroatoms. The monoisotopic (exact) mass is 426 g/mol. The van der Waals surface area contributed by atoms with E-state index in [0.717, 1.165) is 50.9 Å². The van der Waals surface area contributed by atoms with Crippen molar-refractivity contribution >= 4 is 17.6 Å². The highest BCUT2D eigenvalue weighted by molar-refractivity contribution is 6.60. The summed E-state index contributed by atoms with van der Waals surface area (Å²) in [6.07, 6.45) is 4.04. The van der Waals surface area contributed by atoms with Crippen LogP contribution in [0.4, 0.5) is 0 Å². The maximum absolute atomic E-state index is 5.56. The van der Waals surface area contributed by atoms with Gasteiger partial charge in [0.15, 0.2) is 0 Å². The molecule has 0 aliphatic carbocycles. The maximum Gasteiger partial charge on any atom is 0.500 e. The first-order chi connectivity index (χ1) is 12.9. The number of nitrogens with one attached hydrogen (secondary N) is 2. The van der Waals surface area contributed by atoms with Crippen molar-refractivity contribution in [1.82, 2.24) is 10.6 Å². The van der Waals surface area contributed by atoms with Crippen LogP contribution in [0.2, 0.25) is 12.1 Å². The van der Waals surface area contributed by atoms with Crippen molar-refractivity contribution in [1.29, 1.82) is 0 Å². The SMILES string of the molecule is CNCC(CCC[Si](OC)(OC)OC)(CCC[Si](OC)(OC)OC)CNC. The van der Waals surface area contributed by atoms with E-state index in [0.29, 0.717) is 0 Å². The van der Waals surface area contributed by atoms with E-state index in [2.05, 4.69) is 10.6 Å². The van der Waals surface area contributed by atoms with Crippen LogP contribution >= 0.6 is 0 Å². The summed E-state index contributed by atoms with van der Waals surface area (Å²) in [5.41, 5.74) is 0.119. The van der Waals surface area contributed by atoms with Gasteiger partial charge in [-0.2, -0.15) is 0 Å². The molecule has 0 saturated heterocycles. The lowest BCUT2D eigenvalue weighted by Gasteiger charge is -2.36. The Morgan fingerprint density at radius 1 is 0.593 bits per heavy atom. The molecule has 0 spiro atoms. The van der Waals surface area contributed by atoms with Gasteiger partial charge >= 0.3 is 17.6 Å². The lowest BCUT2D eigenvalue weighted by Crippen LogP contribution is -2.45. The molecule has 0 aliphatic heterocycles. The number of hydrogen-bond donors (Lipinski definition) is 2. The third kappa shape index (κ3) is 8.56. The molecule has 0 radical (unpaired) electrons. The Bertz CT molecular complexity index is 321. The first-order valence-electron chi connectivity index (χ1n) is 9.50. The van der Waals surface area contributed by atoms with Crippen molar-refractivity contribution in [2.75, 3.05) is 69.8 Å². The summed E-state index contributed by atoms with van der Waals surface area (Å²) in [4.78, 5) is 0. The zero-order valence-electron chi connectivity index (χ0n) is 18.6. The molecule has 0 bridgehead atoms. The molecular formula is C17H42N2O6Si2. The molecule has 0 aliphatic rings. The minimum atomic E-state index is -2.54. The molecule has 0 atom stereocenters. The second-order valence-corrected chi connectivity index (χ2v) is 13.0. The topological polar surface area (TPSA) is 79.4 Å². The molecule has 0 saturated carbocycles. The summed E-state index contributed by atoms with van der Waals surface area (Å²) < 4.78 is 33.4. The van der Waals surface area contributed by atoms with Crippen molar-refractivity contribution in [2.45, 2.75) is 37.8 Å². The van der Waals surface area contributed by atoms with Crippen molar-refractivity contribution < 1.29 is 26.6 Å². The molecular weight excluding hydrogens is 384 g/mol. The van der Waals surface area contributed by atoms with Gasteiger partial charge in [-0.1, -0.05) is 0 Å². The second-order valence-electron chi connectivity index (χ2n) is 6.86. The van der Waals surface area contributed by atoms with E-state index in [1.165, 1.54) is 0 Å². The summed E-state index contributed by atoms with van der Waals surface area (Å²) >= 11 is 0. The van der Waals surface area contributed by atoms with Crippen molar-refractivity contribution in [3.05, 3.63) is 0 Å². The maximum atomic E-state index is 5.56. The Kier molecular flexibility index (Phi) is 14.2. The minimum Gasteiger partial charge on any atom is -0.377 e. The first kappa shape index (κ1) is 27.1. The smallest absolute Gasteiger partial charge is 0.377 e. The lowest BCUT2D eigenvalue weighted by molar-refractivity contribution is 0.117. The molecule has 0 fully saturated rings.